The van der Waals surface area contributed by atoms with Crippen LogP contribution in [0.1, 0.15) is 10.4 Å². The van der Waals surface area contributed by atoms with Gasteiger partial charge in [0.15, 0.2) is 0 Å². The highest BCUT2D eigenvalue weighted by Crippen LogP contribution is 2.16. The quantitative estimate of drug-likeness (QED) is 0.654. The number of hydrogen-bond acceptors (Lipinski definition) is 4. The van der Waals surface area contributed by atoms with Gasteiger partial charge in [-0.25, -0.2) is 4.98 Å². The van der Waals surface area contributed by atoms with Gasteiger partial charge < -0.3 is 10.1 Å². The topological polar surface area (TPSA) is 51.2 Å². The molecule has 2 rings (SSSR count). The number of nitrogens with zero attached hydrogens (tertiary/aromatic N) is 1. The van der Waals surface area contributed by atoms with E-state index in [1.165, 1.54) is 0 Å². The van der Waals surface area contributed by atoms with Crippen molar-refractivity contribution in [3.05, 3.63) is 60.8 Å². The van der Waals surface area contributed by atoms with Crippen LogP contribution in [0.5, 0.6) is 5.75 Å². The van der Waals surface area contributed by atoms with Crippen molar-refractivity contribution in [3.63, 3.8) is 0 Å². The molecule has 0 fully saturated rings. The fraction of sp³-hybridized carbons (Fsp3) is 0.125. The Morgan fingerprint density at radius 3 is 2.67 bits per heavy atom. The molecular formula is C16H16N2O2S. The number of anilines is 1. The predicted molar refractivity (Wildman–Crippen MR) is 86.1 cm³/mol. The third kappa shape index (κ3) is 4.36. The van der Waals surface area contributed by atoms with Gasteiger partial charge in [-0.1, -0.05) is 12.7 Å². The van der Waals surface area contributed by atoms with Gasteiger partial charge in [0.2, 0.25) is 0 Å². The average molecular weight is 300 g/mol. The van der Waals surface area contributed by atoms with Crippen LogP contribution in [-0.4, -0.2) is 23.8 Å². The van der Waals surface area contributed by atoms with Crippen LogP contribution in [0.25, 0.3) is 0 Å². The Kier molecular flexibility index (Phi) is 5.40. The van der Waals surface area contributed by atoms with Crippen molar-refractivity contribution in [1.29, 1.82) is 0 Å². The number of pyridine rings is 1. The Hall–Kier alpha value is -2.27. The predicted octanol–water partition coefficient (Wildman–Crippen LogP) is 3.62. The highest BCUT2D eigenvalue weighted by molar-refractivity contribution is 7.98. The van der Waals surface area contributed by atoms with Gasteiger partial charge in [0.1, 0.15) is 12.4 Å². The summed E-state index contributed by atoms with van der Waals surface area (Å²) in [6.07, 6.45) is 5.27. The number of thioether (sulfide) groups is 1. The van der Waals surface area contributed by atoms with Gasteiger partial charge >= 0.3 is 0 Å². The highest BCUT2D eigenvalue weighted by Gasteiger charge is 2.06. The summed E-state index contributed by atoms with van der Waals surface area (Å²) in [6.45, 7) is 4.03. The largest absolute Gasteiger partial charge is 0.490 e. The van der Waals surface area contributed by atoms with Crippen molar-refractivity contribution in [2.45, 2.75) is 5.03 Å². The minimum Gasteiger partial charge on any atom is -0.490 e. The van der Waals surface area contributed by atoms with Gasteiger partial charge in [0.25, 0.3) is 5.91 Å². The Labute approximate surface area is 128 Å². The van der Waals surface area contributed by atoms with Crippen molar-refractivity contribution >= 4 is 23.4 Å². The lowest BCUT2D eigenvalue weighted by Gasteiger charge is -2.07. The van der Waals surface area contributed by atoms with Crippen LogP contribution in [0.2, 0.25) is 0 Å². The summed E-state index contributed by atoms with van der Waals surface area (Å²) in [5, 5.41) is 3.72. The summed E-state index contributed by atoms with van der Waals surface area (Å²) >= 11 is 1.56. The van der Waals surface area contributed by atoms with E-state index in [0.717, 1.165) is 5.03 Å². The van der Waals surface area contributed by atoms with Gasteiger partial charge in [-0.15, -0.1) is 11.8 Å². The Balaban J connectivity index is 2.00. The Morgan fingerprint density at radius 1 is 1.33 bits per heavy atom. The molecule has 2 aromatic rings. The summed E-state index contributed by atoms with van der Waals surface area (Å²) in [5.41, 5.74) is 1.24. The molecule has 21 heavy (non-hydrogen) atoms. The highest BCUT2D eigenvalue weighted by atomic mass is 32.2. The number of nitrogens with one attached hydrogen (secondary N) is 1. The molecule has 0 saturated carbocycles. The third-order valence-electron chi connectivity index (χ3n) is 2.69. The molecule has 0 spiro atoms. The van der Waals surface area contributed by atoms with E-state index in [0.29, 0.717) is 23.6 Å². The molecule has 1 aromatic carbocycles. The maximum absolute atomic E-state index is 12.1. The van der Waals surface area contributed by atoms with E-state index < -0.39 is 0 Å². The monoisotopic (exact) mass is 300 g/mol. The maximum Gasteiger partial charge on any atom is 0.255 e. The molecule has 0 aliphatic heterocycles. The molecule has 0 aliphatic rings. The van der Waals surface area contributed by atoms with Gasteiger partial charge in [-0.3, -0.25) is 4.79 Å². The number of carbonyl (C=O) groups excluding carboxylic acids is 1. The summed E-state index contributed by atoms with van der Waals surface area (Å²) in [4.78, 5) is 16.3. The van der Waals surface area contributed by atoms with Crippen LogP contribution in [0.3, 0.4) is 0 Å². The summed E-state index contributed by atoms with van der Waals surface area (Å²) in [5.74, 6) is 0.529. The van der Waals surface area contributed by atoms with Crippen molar-refractivity contribution < 1.29 is 9.53 Å². The average Bonchev–Trinajstić information content (AvgIpc) is 2.54. The van der Waals surface area contributed by atoms with E-state index in [-0.39, 0.29) is 5.91 Å². The second-order valence-electron chi connectivity index (χ2n) is 4.17. The standard InChI is InChI=1S/C16H16N2O2S/c1-3-10-20-14-7-4-12(5-8-14)16(19)18-13-6-9-15(21-2)17-11-13/h3-9,11H,1,10H2,2H3,(H,18,19). The van der Waals surface area contributed by atoms with Crippen LogP contribution in [0, 0.1) is 0 Å². The normalized spacial score (nSPS) is 9.95. The molecule has 0 bridgehead atoms. The lowest BCUT2D eigenvalue weighted by molar-refractivity contribution is 0.102. The number of carbonyl (C=O) groups is 1. The first-order valence-electron chi connectivity index (χ1n) is 6.38. The smallest absolute Gasteiger partial charge is 0.255 e. The molecular weight excluding hydrogens is 284 g/mol. The van der Waals surface area contributed by atoms with Gasteiger partial charge in [0, 0.05) is 5.56 Å². The van der Waals surface area contributed by atoms with E-state index >= 15 is 0 Å². The van der Waals surface area contributed by atoms with E-state index in [4.69, 9.17) is 4.74 Å². The van der Waals surface area contributed by atoms with Crippen molar-refractivity contribution in [3.8, 4) is 5.75 Å². The molecule has 0 unspecified atom stereocenters. The molecule has 108 valence electrons. The fourth-order valence-electron chi connectivity index (χ4n) is 1.64. The maximum atomic E-state index is 12.1. The number of hydrogen-bond donors (Lipinski definition) is 1. The van der Waals surface area contributed by atoms with Crippen LogP contribution >= 0.6 is 11.8 Å². The molecule has 1 heterocycles. The van der Waals surface area contributed by atoms with Crippen molar-refractivity contribution in [2.75, 3.05) is 18.2 Å². The molecule has 5 heteroatoms. The first-order chi connectivity index (χ1) is 10.2. The first-order valence-corrected chi connectivity index (χ1v) is 7.60. The van der Waals surface area contributed by atoms with Gasteiger partial charge in [-0.05, 0) is 42.7 Å². The molecule has 1 aromatic heterocycles. The van der Waals surface area contributed by atoms with Gasteiger partial charge in [-0.2, -0.15) is 0 Å². The second-order valence-corrected chi connectivity index (χ2v) is 4.99. The van der Waals surface area contributed by atoms with E-state index in [9.17, 15) is 4.79 Å². The molecule has 4 nitrogen and oxygen atoms in total. The zero-order chi connectivity index (χ0) is 15.1. The Morgan fingerprint density at radius 2 is 2.10 bits per heavy atom. The van der Waals surface area contributed by atoms with E-state index in [1.54, 1.807) is 48.3 Å². The molecule has 1 N–H and O–H groups in total. The second kappa shape index (κ2) is 7.50. The number of aromatic nitrogens is 1. The summed E-state index contributed by atoms with van der Waals surface area (Å²) in [6, 6.07) is 10.7. The lowest BCUT2D eigenvalue weighted by Crippen LogP contribution is -2.11. The van der Waals surface area contributed by atoms with Crippen molar-refractivity contribution in [1.82, 2.24) is 4.98 Å². The zero-order valence-electron chi connectivity index (χ0n) is 11.7. The van der Waals surface area contributed by atoms with Gasteiger partial charge in [0.05, 0.1) is 16.9 Å². The lowest BCUT2D eigenvalue weighted by atomic mass is 10.2. The third-order valence-corrected chi connectivity index (χ3v) is 3.35. The van der Waals surface area contributed by atoms with Crippen LogP contribution < -0.4 is 10.1 Å². The summed E-state index contributed by atoms with van der Waals surface area (Å²) in [7, 11) is 0. The zero-order valence-corrected chi connectivity index (χ0v) is 12.5. The van der Waals surface area contributed by atoms with E-state index in [2.05, 4.69) is 16.9 Å². The number of rotatable bonds is 6. The fourth-order valence-corrected chi connectivity index (χ4v) is 2.00. The SMILES string of the molecule is C=CCOc1ccc(C(=O)Nc2ccc(SC)nc2)cc1. The minimum atomic E-state index is -0.177. The first kappa shape index (κ1) is 15.1. The molecule has 1 amide bonds. The molecule has 0 aliphatic carbocycles. The van der Waals surface area contributed by atoms with Crippen molar-refractivity contribution in [2.24, 2.45) is 0 Å². The van der Waals surface area contributed by atoms with Crippen LogP contribution in [0.15, 0.2) is 60.3 Å². The number of amides is 1. The molecule has 0 saturated heterocycles. The van der Waals surface area contributed by atoms with Crippen LogP contribution in [-0.2, 0) is 0 Å². The van der Waals surface area contributed by atoms with Crippen LogP contribution in [0.4, 0.5) is 5.69 Å². The number of benzene rings is 1. The van der Waals surface area contributed by atoms with E-state index in [1.807, 2.05) is 18.4 Å². The minimum absolute atomic E-state index is 0.177. The Bertz CT molecular complexity index is 609. The molecule has 0 atom stereocenters. The molecule has 0 radical (unpaired) electrons. The number of ether oxygens (including phenoxy) is 1. The summed E-state index contributed by atoms with van der Waals surface area (Å²) < 4.78 is 5.37.